The first-order chi connectivity index (χ1) is 11.9. The van der Waals surface area contributed by atoms with E-state index < -0.39 is 24.4 Å². The van der Waals surface area contributed by atoms with Crippen molar-refractivity contribution in [3.63, 3.8) is 0 Å². The molecule has 4 N–H and O–H groups in total. The number of aliphatic hydroxyl groups is 3. The highest BCUT2D eigenvalue weighted by Crippen LogP contribution is 2.15. The number of nitrogens with one attached hydrogen (secondary N) is 1. The van der Waals surface area contributed by atoms with Crippen molar-refractivity contribution in [2.75, 3.05) is 13.1 Å². The van der Waals surface area contributed by atoms with Crippen molar-refractivity contribution in [1.82, 2.24) is 10.2 Å². The molecule has 2 amide bonds. The Kier molecular flexibility index (Phi) is 6.92. The summed E-state index contributed by atoms with van der Waals surface area (Å²) in [7, 11) is 0. The molecule has 0 aromatic heterocycles. The van der Waals surface area contributed by atoms with Crippen molar-refractivity contribution in [3.05, 3.63) is 35.9 Å². The summed E-state index contributed by atoms with van der Waals surface area (Å²) in [4.78, 5) is 25.2. The van der Waals surface area contributed by atoms with Gasteiger partial charge in [0.1, 0.15) is 18.3 Å². The first-order valence-corrected chi connectivity index (χ1v) is 8.51. The summed E-state index contributed by atoms with van der Waals surface area (Å²) in [6, 6.07) is 9.01. The molecule has 7 heteroatoms. The minimum absolute atomic E-state index is 0.0546. The van der Waals surface area contributed by atoms with Gasteiger partial charge in [-0.15, -0.1) is 0 Å². The minimum atomic E-state index is -1.42. The van der Waals surface area contributed by atoms with Crippen LogP contribution in [0.4, 0.5) is 0 Å². The first-order valence-electron chi connectivity index (χ1n) is 8.51. The highest BCUT2D eigenvalue weighted by Gasteiger charge is 2.38. The Morgan fingerprint density at radius 3 is 2.44 bits per heavy atom. The van der Waals surface area contributed by atoms with E-state index >= 15 is 0 Å². The molecule has 1 aromatic rings. The lowest BCUT2D eigenvalue weighted by molar-refractivity contribution is -0.133. The summed E-state index contributed by atoms with van der Waals surface area (Å²) >= 11 is 0. The standard InChI is InChI=1S/C18H26N2O5/c1-12(21)19-14-10-20(11-15(22)18(25)17(14)24)16(23)9-5-8-13-6-3-2-4-7-13/h2-4,6-7,14-15,17-18,22,24-25H,5,8-11H2,1H3,(H,19,21)/t14-,15-,17+,18+/m0/s1. The van der Waals surface area contributed by atoms with Gasteiger partial charge in [0.05, 0.1) is 6.04 Å². The molecule has 1 aliphatic heterocycles. The first kappa shape index (κ1) is 19.4. The van der Waals surface area contributed by atoms with Crippen molar-refractivity contribution in [1.29, 1.82) is 0 Å². The number of hydrogen-bond acceptors (Lipinski definition) is 5. The molecule has 1 fully saturated rings. The molecule has 0 spiro atoms. The van der Waals surface area contributed by atoms with Crippen molar-refractivity contribution in [2.24, 2.45) is 0 Å². The Labute approximate surface area is 147 Å². The third-order valence-electron chi connectivity index (χ3n) is 4.42. The van der Waals surface area contributed by atoms with Gasteiger partial charge in [0.15, 0.2) is 0 Å². The van der Waals surface area contributed by atoms with Crippen LogP contribution < -0.4 is 5.32 Å². The van der Waals surface area contributed by atoms with E-state index in [1.54, 1.807) is 0 Å². The zero-order valence-electron chi connectivity index (χ0n) is 14.3. The molecule has 25 heavy (non-hydrogen) atoms. The molecule has 4 atom stereocenters. The lowest BCUT2D eigenvalue weighted by atomic mass is 10.0. The number of aliphatic hydroxyl groups excluding tert-OH is 3. The Morgan fingerprint density at radius 1 is 1.12 bits per heavy atom. The molecule has 1 heterocycles. The second kappa shape index (κ2) is 8.94. The van der Waals surface area contributed by atoms with Gasteiger partial charge in [-0.25, -0.2) is 0 Å². The maximum atomic E-state index is 12.5. The van der Waals surface area contributed by atoms with E-state index in [2.05, 4.69) is 5.32 Å². The van der Waals surface area contributed by atoms with Gasteiger partial charge in [-0.3, -0.25) is 9.59 Å². The van der Waals surface area contributed by atoms with E-state index in [0.29, 0.717) is 12.8 Å². The van der Waals surface area contributed by atoms with Gasteiger partial charge < -0.3 is 25.5 Å². The van der Waals surface area contributed by atoms with Crippen LogP contribution in [0.15, 0.2) is 30.3 Å². The zero-order valence-corrected chi connectivity index (χ0v) is 14.3. The molecule has 0 unspecified atom stereocenters. The molecular weight excluding hydrogens is 324 g/mol. The van der Waals surface area contributed by atoms with E-state index in [4.69, 9.17) is 0 Å². The van der Waals surface area contributed by atoms with Crippen LogP contribution in [0.1, 0.15) is 25.3 Å². The number of rotatable bonds is 5. The summed E-state index contributed by atoms with van der Waals surface area (Å²) in [5, 5.41) is 32.6. The number of amides is 2. The highest BCUT2D eigenvalue weighted by molar-refractivity contribution is 5.77. The van der Waals surface area contributed by atoms with Crippen molar-refractivity contribution in [2.45, 2.75) is 50.5 Å². The number of hydrogen-bond donors (Lipinski definition) is 4. The fraction of sp³-hybridized carbons (Fsp3) is 0.556. The van der Waals surface area contributed by atoms with E-state index in [1.165, 1.54) is 11.8 Å². The largest absolute Gasteiger partial charge is 0.388 e. The number of benzene rings is 1. The van der Waals surface area contributed by atoms with Crippen LogP contribution in [-0.2, 0) is 16.0 Å². The smallest absolute Gasteiger partial charge is 0.222 e. The lowest BCUT2D eigenvalue weighted by Gasteiger charge is -2.27. The topological polar surface area (TPSA) is 110 Å². The maximum absolute atomic E-state index is 12.5. The number of likely N-dealkylation sites (tertiary alicyclic amines) is 1. The summed E-state index contributed by atoms with van der Waals surface area (Å²) in [5.41, 5.74) is 1.15. The third-order valence-corrected chi connectivity index (χ3v) is 4.42. The quantitative estimate of drug-likeness (QED) is 0.569. The van der Waals surface area contributed by atoms with Gasteiger partial charge in [-0.05, 0) is 18.4 Å². The third kappa shape index (κ3) is 5.52. The monoisotopic (exact) mass is 350 g/mol. The van der Waals surface area contributed by atoms with Crippen LogP contribution in [0.3, 0.4) is 0 Å². The maximum Gasteiger partial charge on any atom is 0.222 e. The summed E-state index contributed by atoms with van der Waals surface area (Å²) in [6.45, 7) is 1.28. The molecule has 1 saturated heterocycles. The second-order valence-corrected chi connectivity index (χ2v) is 6.49. The SMILES string of the molecule is CC(=O)N[C@H]1CN(C(=O)CCCc2ccccc2)C[C@H](O)[C@@H](O)[C@@H]1O. The average molecular weight is 350 g/mol. The number of aryl methyl sites for hydroxylation is 1. The summed E-state index contributed by atoms with van der Waals surface area (Å²) < 4.78 is 0. The number of nitrogens with zero attached hydrogens (tertiary/aromatic N) is 1. The van der Waals surface area contributed by atoms with E-state index in [9.17, 15) is 24.9 Å². The van der Waals surface area contributed by atoms with Crippen LogP contribution in [0.2, 0.25) is 0 Å². The Morgan fingerprint density at radius 2 is 1.80 bits per heavy atom. The second-order valence-electron chi connectivity index (χ2n) is 6.49. The molecule has 7 nitrogen and oxygen atoms in total. The molecule has 0 bridgehead atoms. The van der Waals surface area contributed by atoms with Crippen molar-refractivity contribution in [3.8, 4) is 0 Å². The predicted octanol–water partition coefficient (Wildman–Crippen LogP) is -0.561. The fourth-order valence-corrected chi connectivity index (χ4v) is 3.06. The van der Waals surface area contributed by atoms with Crippen LogP contribution in [0, 0.1) is 0 Å². The number of carbonyl (C=O) groups excluding carboxylic acids is 2. The predicted molar refractivity (Wildman–Crippen MR) is 91.6 cm³/mol. The summed E-state index contributed by atoms with van der Waals surface area (Å²) in [5.74, 6) is -0.546. The van der Waals surface area contributed by atoms with Gasteiger partial charge in [-0.1, -0.05) is 30.3 Å². The molecule has 0 aliphatic carbocycles. The van der Waals surface area contributed by atoms with Gasteiger partial charge in [0.2, 0.25) is 11.8 Å². The van der Waals surface area contributed by atoms with Crippen LogP contribution in [0.5, 0.6) is 0 Å². The van der Waals surface area contributed by atoms with Crippen LogP contribution in [-0.4, -0.2) is 69.5 Å². The van der Waals surface area contributed by atoms with Crippen LogP contribution in [0.25, 0.3) is 0 Å². The molecule has 138 valence electrons. The van der Waals surface area contributed by atoms with Crippen molar-refractivity contribution >= 4 is 11.8 Å². The van der Waals surface area contributed by atoms with E-state index in [0.717, 1.165) is 12.0 Å². The normalized spacial score (nSPS) is 26.8. The number of β-amino-alcohol motifs (C(OH)–C–C–N with tert-alkyl or cyclic N) is 1. The van der Waals surface area contributed by atoms with Gasteiger partial charge >= 0.3 is 0 Å². The lowest BCUT2D eigenvalue weighted by Crippen LogP contribution is -2.52. The Hall–Kier alpha value is -1.96. The highest BCUT2D eigenvalue weighted by atomic mass is 16.4. The Balaban J connectivity index is 1.95. The van der Waals surface area contributed by atoms with Gasteiger partial charge in [0.25, 0.3) is 0 Å². The average Bonchev–Trinajstić information content (AvgIpc) is 2.68. The van der Waals surface area contributed by atoms with Gasteiger partial charge in [0, 0.05) is 26.4 Å². The summed E-state index contributed by atoms with van der Waals surface area (Å²) in [6.07, 6.45) is -2.29. The molecule has 0 saturated carbocycles. The van der Waals surface area contributed by atoms with Gasteiger partial charge in [-0.2, -0.15) is 0 Å². The molecule has 1 aliphatic rings. The molecule has 0 radical (unpaired) electrons. The fourth-order valence-electron chi connectivity index (χ4n) is 3.06. The Bertz CT molecular complexity index is 580. The number of carbonyl (C=O) groups is 2. The minimum Gasteiger partial charge on any atom is -0.388 e. The van der Waals surface area contributed by atoms with E-state index in [1.807, 2.05) is 30.3 Å². The molecular formula is C18H26N2O5. The van der Waals surface area contributed by atoms with E-state index in [-0.39, 0.29) is 24.9 Å². The van der Waals surface area contributed by atoms with Crippen LogP contribution >= 0.6 is 0 Å². The zero-order chi connectivity index (χ0) is 18.4. The van der Waals surface area contributed by atoms with Crippen molar-refractivity contribution < 1.29 is 24.9 Å². The molecule has 1 aromatic carbocycles. The molecule has 2 rings (SSSR count).